The van der Waals surface area contributed by atoms with Crippen LogP contribution in [0.1, 0.15) is 30.6 Å². The summed E-state index contributed by atoms with van der Waals surface area (Å²) < 4.78 is 61.5. The number of fused-ring (bicyclic) bond motifs is 3. The molecule has 2 aromatic carbocycles. The second-order valence-corrected chi connectivity index (χ2v) is 11.5. The number of carboxylic acid groups (broad SMARTS) is 1. The van der Waals surface area contributed by atoms with E-state index >= 15 is 0 Å². The maximum Gasteiger partial charge on any atom is 0.321 e. The molecule has 176 valence electrons. The highest BCUT2D eigenvalue weighted by molar-refractivity contribution is 7.92. The highest BCUT2D eigenvalue weighted by Crippen LogP contribution is 2.35. The summed E-state index contributed by atoms with van der Waals surface area (Å²) in [4.78, 5) is 11.7. The topological polar surface area (TPSA) is 143 Å². The van der Waals surface area contributed by atoms with Gasteiger partial charge < -0.3 is 9.52 Å². The molecular formula is C22H24N2O7S2. The Labute approximate surface area is 191 Å². The first-order chi connectivity index (χ1) is 15.7. The lowest BCUT2D eigenvalue weighted by Crippen LogP contribution is -2.42. The van der Waals surface area contributed by atoms with Crippen molar-refractivity contribution in [3.05, 3.63) is 59.9 Å². The number of anilines is 1. The quantitative estimate of drug-likeness (QED) is 0.417. The van der Waals surface area contributed by atoms with Gasteiger partial charge in [0.05, 0.1) is 10.6 Å². The van der Waals surface area contributed by atoms with E-state index in [4.69, 9.17) is 4.42 Å². The molecule has 1 aliphatic carbocycles. The zero-order chi connectivity index (χ0) is 23.6. The zero-order valence-electron chi connectivity index (χ0n) is 17.7. The molecule has 3 aromatic rings. The summed E-state index contributed by atoms with van der Waals surface area (Å²) in [5, 5.41) is 10.0. The average molecular weight is 493 g/mol. The Balaban J connectivity index is 1.56. The van der Waals surface area contributed by atoms with Gasteiger partial charge in [0, 0.05) is 23.1 Å². The van der Waals surface area contributed by atoms with Crippen molar-refractivity contribution in [1.82, 2.24) is 4.72 Å². The maximum atomic E-state index is 13.2. The lowest BCUT2D eigenvalue weighted by Gasteiger charge is -2.16. The number of benzene rings is 2. The van der Waals surface area contributed by atoms with E-state index in [-0.39, 0.29) is 4.90 Å². The van der Waals surface area contributed by atoms with Crippen molar-refractivity contribution in [2.45, 2.75) is 43.0 Å². The molecule has 0 fully saturated rings. The van der Waals surface area contributed by atoms with E-state index in [1.54, 1.807) is 36.4 Å². The van der Waals surface area contributed by atoms with Crippen molar-refractivity contribution in [2.24, 2.45) is 0 Å². The van der Waals surface area contributed by atoms with Gasteiger partial charge in [-0.3, -0.25) is 9.52 Å². The van der Waals surface area contributed by atoms with Crippen molar-refractivity contribution in [1.29, 1.82) is 0 Å². The van der Waals surface area contributed by atoms with E-state index in [9.17, 15) is 26.7 Å². The van der Waals surface area contributed by atoms with Crippen LogP contribution in [0.3, 0.4) is 0 Å². The third-order valence-electron chi connectivity index (χ3n) is 5.55. The number of furan rings is 1. The first-order valence-electron chi connectivity index (χ1n) is 10.5. The first-order valence-corrected chi connectivity index (χ1v) is 13.6. The molecule has 33 heavy (non-hydrogen) atoms. The van der Waals surface area contributed by atoms with E-state index in [1.165, 1.54) is 12.1 Å². The summed E-state index contributed by atoms with van der Waals surface area (Å²) in [6.07, 6.45) is 2.82. The lowest BCUT2D eigenvalue weighted by atomic mass is 9.96. The second kappa shape index (κ2) is 9.16. The predicted molar refractivity (Wildman–Crippen MR) is 123 cm³/mol. The number of carbonyl (C=O) groups is 1. The molecule has 0 bridgehead atoms. The molecule has 11 heteroatoms. The number of para-hydroxylation sites is 1. The summed E-state index contributed by atoms with van der Waals surface area (Å²) in [7, 11) is -8.15. The van der Waals surface area contributed by atoms with Gasteiger partial charge in [-0.15, -0.1) is 0 Å². The average Bonchev–Trinajstić information content (AvgIpc) is 3.15. The minimum atomic E-state index is -4.27. The molecule has 1 heterocycles. The summed E-state index contributed by atoms with van der Waals surface area (Å²) in [5.74, 6) is -1.28. The fourth-order valence-corrected chi connectivity index (χ4v) is 6.61. The van der Waals surface area contributed by atoms with E-state index in [0.717, 1.165) is 30.6 Å². The Bertz CT molecular complexity index is 1380. The van der Waals surface area contributed by atoms with Gasteiger partial charge in [-0.25, -0.2) is 16.8 Å². The van der Waals surface area contributed by atoms with Crippen molar-refractivity contribution < 1.29 is 31.2 Å². The van der Waals surface area contributed by atoms with E-state index < -0.39 is 44.2 Å². The Hall–Kier alpha value is -2.89. The fraction of sp³-hybridized carbons (Fsp3) is 0.318. The standard InChI is InChI=1S/C22H24N2O7S2/c25-22(26)17(13-14-32(27,28)23-15-7-2-1-3-8-15)24-33(29,30)20-12-6-11-19-21(20)16-9-4-5-10-18(16)31-19/h1-3,6-8,11-12,17,23-24H,4-5,9-10,13-14H2,(H,25,26). The van der Waals surface area contributed by atoms with Gasteiger partial charge in [-0.2, -0.15) is 4.72 Å². The first kappa shape index (κ1) is 23.3. The molecule has 4 rings (SSSR count). The van der Waals surface area contributed by atoms with Gasteiger partial charge in [-0.05, 0) is 49.9 Å². The Kier molecular flexibility index (Phi) is 6.46. The third kappa shape index (κ3) is 5.21. The number of rotatable bonds is 9. The fourth-order valence-electron chi connectivity index (χ4n) is 4.00. The van der Waals surface area contributed by atoms with Gasteiger partial charge in [0.25, 0.3) is 0 Å². The van der Waals surface area contributed by atoms with E-state index in [2.05, 4.69) is 9.44 Å². The smallest absolute Gasteiger partial charge is 0.321 e. The van der Waals surface area contributed by atoms with E-state index in [0.29, 0.717) is 23.1 Å². The molecule has 1 atom stereocenters. The second-order valence-electron chi connectivity index (χ2n) is 7.93. The van der Waals surface area contributed by atoms with Crippen LogP contribution in [0.2, 0.25) is 0 Å². The van der Waals surface area contributed by atoms with Gasteiger partial charge >= 0.3 is 5.97 Å². The molecule has 0 spiro atoms. The molecule has 0 saturated carbocycles. The Morgan fingerprint density at radius 1 is 1.00 bits per heavy atom. The normalized spacial score (nSPS) is 15.2. The largest absolute Gasteiger partial charge is 0.480 e. The minimum Gasteiger partial charge on any atom is -0.480 e. The van der Waals surface area contributed by atoms with E-state index in [1.807, 2.05) is 0 Å². The van der Waals surface area contributed by atoms with Gasteiger partial charge in [0.15, 0.2) is 0 Å². The van der Waals surface area contributed by atoms with Gasteiger partial charge in [-0.1, -0.05) is 24.3 Å². The van der Waals surface area contributed by atoms with Crippen LogP contribution in [0.4, 0.5) is 5.69 Å². The monoisotopic (exact) mass is 492 g/mol. The van der Waals surface area contributed by atoms with Crippen LogP contribution in [-0.4, -0.2) is 39.7 Å². The molecule has 0 aliphatic heterocycles. The summed E-state index contributed by atoms with van der Waals surface area (Å²) in [5.41, 5.74) is 1.60. The van der Waals surface area contributed by atoms with Crippen molar-refractivity contribution in [3.63, 3.8) is 0 Å². The molecule has 9 nitrogen and oxygen atoms in total. The van der Waals surface area contributed by atoms with Crippen molar-refractivity contribution >= 4 is 42.7 Å². The summed E-state index contributed by atoms with van der Waals surface area (Å²) >= 11 is 0. The van der Waals surface area contributed by atoms with Crippen molar-refractivity contribution in [2.75, 3.05) is 10.5 Å². The van der Waals surface area contributed by atoms with Crippen LogP contribution >= 0.6 is 0 Å². The molecular weight excluding hydrogens is 468 g/mol. The Morgan fingerprint density at radius 2 is 1.73 bits per heavy atom. The molecule has 1 unspecified atom stereocenters. The summed E-state index contributed by atoms with van der Waals surface area (Å²) in [6, 6.07) is 11.1. The number of aliphatic carboxylic acids is 1. The van der Waals surface area contributed by atoms with Crippen LogP contribution < -0.4 is 9.44 Å². The molecule has 3 N–H and O–H groups in total. The number of carboxylic acids is 1. The number of hydrogen-bond donors (Lipinski definition) is 3. The van der Waals surface area contributed by atoms with Crippen molar-refractivity contribution in [3.8, 4) is 0 Å². The third-order valence-corrected chi connectivity index (χ3v) is 8.38. The number of nitrogens with one attached hydrogen (secondary N) is 2. The molecule has 1 aliphatic rings. The number of hydrogen-bond acceptors (Lipinski definition) is 6. The van der Waals surface area contributed by atoms with Gasteiger partial charge in [0.2, 0.25) is 20.0 Å². The Morgan fingerprint density at radius 3 is 2.45 bits per heavy atom. The van der Waals surface area contributed by atoms with Crippen LogP contribution in [0.15, 0.2) is 57.8 Å². The van der Waals surface area contributed by atoms with Crippen LogP contribution in [0.5, 0.6) is 0 Å². The SMILES string of the molecule is O=C(O)C(CCS(=O)(=O)Nc1ccccc1)NS(=O)(=O)c1cccc2oc3c(c12)CCCC3. The number of sulfonamides is 2. The minimum absolute atomic E-state index is 0.0663. The van der Waals surface area contributed by atoms with Gasteiger partial charge in [0.1, 0.15) is 17.4 Å². The highest BCUT2D eigenvalue weighted by Gasteiger charge is 2.30. The molecule has 0 amide bonds. The highest BCUT2D eigenvalue weighted by atomic mass is 32.2. The molecule has 0 saturated heterocycles. The number of aryl methyl sites for hydroxylation is 2. The van der Waals surface area contributed by atoms with Crippen LogP contribution in [0.25, 0.3) is 11.0 Å². The van der Waals surface area contributed by atoms with Crippen LogP contribution in [0, 0.1) is 0 Å². The summed E-state index contributed by atoms with van der Waals surface area (Å²) in [6.45, 7) is 0. The maximum absolute atomic E-state index is 13.2. The lowest BCUT2D eigenvalue weighted by molar-refractivity contribution is -0.139. The zero-order valence-corrected chi connectivity index (χ0v) is 19.3. The van der Waals surface area contributed by atoms with Crippen LogP contribution in [-0.2, 0) is 37.7 Å². The molecule has 0 radical (unpaired) electrons. The molecule has 1 aromatic heterocycles. The predicted octanol–water partition coefficient (Wildman–Crippen LogP) is 2.88.